The number of hydrogen-bond donors (Lipinski definition) is 1. The van der Waals surface area contributed by atoms with Crippen molar-refractivity contribution in [1.82, 2.24) is 10.2 Å². The second-order valence-electron chi connectivity index (χ2n) is 3.87. The van der Waals surface area contributed by atoms with E-state index in [4.69, 9.17) is 0 Å². The van der Waals surface area contributed by atoms with Gasteiger partial charge in [-0.2, -0.15) is 16.4 Å². The zero-order valence-electron chi connectivity index (χ0n) is 12.3. The van der Waals surface area contributed by atoms with Crippen LogP contribution in [0.5, 0.6) is 0 Å². The summed E-state index contributed by atoms with van der Waals surface area (Å²) < 4.78 is 0. The summed E-state index contributed by atoms with van der Waals surface area (Å²) >= 11 is 1.71. The molecule has 4 aromatic rings. The van der Waals surface area contributed by atoms with Crippen LogP contribution in [0.15, 0.2) is 114 Å². The Hall–Kier alpha value is -2.65. The molecule has 0 saturated carbocycles. The normalized spacial score (nSPS) is 6.77. The molecule has 3 heteroatoms. The number of nitrogens with zero attached hydrogens (tertiary/aromatic N) is 1. The maximum atomic E-state index is 3.60. The first-order valence-corrected chi connectivity index (χ1v) is 7.85. The Morgan fingerprint density at radius 1 is 0.462 bits per heavy atom. The van der Waals surface area contributed by atoms with E-state index in [9.17, 15) is 0 Å². The third-order valence-corrected chi connectivity index (χ3v) is 2.79. The van der Waals surface area contributed by atoms with E-state index in [2.05, 4.69) is 10.2 Å². The van der Waals surface area contributed by atoms with Crippen molar-refractivity contribution < 1.29 is 0 Å². The smallest absolute Gasteiger partial charge is 0.0487 e. The maximum Gasteiger partial charge on any atom is 0.0487 e. The molecule has 0 radical (unpaired) electrons. The van der Waals surface area contributed by atoms with Crippen LogP contribution in [0.2, 0.25) is 0 Å². The molecule has 0 spiro atoms. The monoisotopic (exact) mass is 372 g/mol. The highest BCUT2D eigenvalue weighted by molar-refractivity contribution is 7.07. The number of hydrogen-bond acceptors (Lipinski definition) is 2. The second-order valence-corrected chi connectivity index (χ2v) is 4.69. The molecule has 2 aromatic carbocycles. The summed E-state index contributed by atoms with van der Waals surface area (Å²) in [5.41, 5.74) is 0. The van der Waals surface area contributed by atoms with E-state index in [1.54, 1.807) is 23.7 Å². The number of thiophene rings is 1. The van der Waals surface area contributed by atoms with Gasteiger partial charge in [-0.05, 0) is 16.8 Å². The summed E-state index contributed by atoms with van der Waals surface area (Å²) in [5, 5.41) is 10.3. The fraction of sp³-hybridized carbons (Fsp3) is 0.174. The number of aromatic nitrogens is 2. The molecule has 2 heterocycles. The van der Waals surface area contributed by atoms with Crippen LogP contribution in [-0.2, 0) is 0 Å². The molecule has 0 aliphatic carbocycles. The number of rotatable bonds is 0. The third-order valence-electron chi connectivity index (χ3n) is 2.16. The van der Waals surface area contributed by atoms with Crippen LogP contribution in [0.25, 0.3) is 0 Å². The Balaban J connectivity index is -0.000000118. The molecule has 0 unspecified atom stereocenters. The first kappa shape index (κ1) is 31.2. The van der Waals surface area contributed by atoms with Gasteiger partial charge in [-0.3, -0.25) is 5.10 Å². The van der Waals surface area contributed by atoms with Crippen molar-refractivity contribution in [1.29, 1.82) is 0 Å². The third kappa shape index (κ3) is 23.6. The second kappa shape index (κ2) is 27.2. The molecule has 0 aliphatic rings. The van der Waals surface area contributed by atoms with E-state index in [1.807, 2.05) is 102 Å². The van der Waals surface area contributed by atoms with E-state index >= 15 is 0 Å². The number of benzene rings is 2. The number of aromatic amines is 1. The zero-order chi connectivity index (χ0) is 15.6. The Bertz CT molecular complexity index is 446. The van der Waals surface area contributed by atoms with Gasteiger partial charge in [0.2, 0.25) is 0 Å². The van der Waals surface area contributed by atoms with E-state index in [0.717, 1.165) is 0 Å². The summed E-state index contributed by atoms with van der Waals surface area (Å²) in [5.74, 6) is 0. The maximum absolute atomic E-state index is 3.60. The Morgan fingerprint density at radius 3 is 0.923 bits per heavy atom. The van der Waals surface area contributed by atoms with E-state index in [-0.39, 0.29) is 29.7 Å². The summed E-state index contributed by atoms with van der Waals surface area (Å²) in [6, 6.07) is 29.9. The lowest BCUT2D eigenvalue weighted by molar-refractivity contribution is 1.09. The van der Waals surface area contributed by atoms with Gasteiger partial charge in [0.1, 0.15) is 0 Å². The summed E-state index contributed by atoms with van der Waals surface area (Å²) in [4.78, 5) is 0. The first-order valence-electron chi connectivity index (χ1n) is 6.91. The predicted molar refractivity (Wildman–Crippen MR) is 123 cm³/mol. The zero-order valence-corrected chi connectivity index (χ0v) is 13.1. The van der Waals surface area contributed by atoms with Gasteiger partial charge in [0.25, 0.3) is 0 Å². The van der Waals surface area contributed by atoms with Crippen LogP contribution in [0.4, 0.5) is 0 Å². The average Bonchev–Trinajstić information content (AvgIpc) is 3.37. The highest BCUT2D eigenvalue weighted by Gasteiger charge is 1.59. The minimum atomic E-state index is 0. The molecule has 1 N–H and O–H groups in total. The molecule has 2 aromatic heterocycles. The minimum Gasteiger partial charge on any atom is -0.286 e. The topological polar surface area (TPSA) is 28.7 Å². The number of nitrogens with one attached hydrogen (secondary N) is 1. The van der Waals surface area contributed by atoms with Crippen molar-refractivity contribution in [3.05, 3.63) is 114 Å². The molecule has 0 fully saturated rings. The van der Waals surface area contributed by atoms with Crippen LogP contribution in [-0.4, -0.2) is 10.2 Å². The van der Waals surface area contributed by atoms with E-state index < -0.39 is 0 Å². The number of H-pyrrole nitrogens is 1. The quantitative estimate of drug-likeness (QED) is 0.332. The molecule has 0 amide bonds. The molecule has 0 bridgehead atoms. The van der Waals surface area contributed by atoms with Crippen molar-refractivity contribution in [2.24, 2.45) is 0 Å². The Labute approximate surface area is 165 Å². The minimum absolute atomic E-state index is 0. The molecule has 0 atom stereocenters. The lowest BCUT2D eigenvalue weighted by atomic mass is 10.4. The van der Waals surface area contributed by atoms with E-state index in [0.29, 0.717) is 0 Å². The Kier molecular flexibility index (Phi) is 32.6. The van der Waals surface area contributed by atoms with Gasteiger partial charge >= 0.3 is 0 Å². The van der Waals surface area contributed by atoms with Gasteiger partial charge in [-0.1, -0.05) is 115 Å². The fourth-order valence-electron chi connectivity index (χ4n) is 1.21. The molecule has 0 saturated heterocycles. The van der Waals surface area contributed by atoms with Gasteiger partial charge < -0.3 is 0 Å². The summed E-state index contributed by atoms with van der Waals surface area (Å²) in [6.07, 6.45) is 3.46. The highest BCUT2D eigenvalue weighted by atomic mass is 32.1. The van der Waals surface area contributed by atoms with Crippen molar-refractivity contribution in [2.75, 3.05) is 0 Å². The van der Waals surface area contributed by atoms with Gasteiger partial charge in [0.05, 0.1) is 0 Å². The lowest BCUT2D eigenvalue weighted by Gasteiger charge is -1.69. The van der Waals surface area contributed by atoms with Crippen LogP contribution in [0.1, 0.15) is 29.7 Å². The van der Waals surface area contributed by atoms with Gasteiger partial charge in [-0.25, -0.2) is 0 Å². The van der Waals surface area contributed by atoms with Crippen LogP contribution >= 0.6 is 11.3 Å². The van der Waals surface area contributed by atoms with Gasteiger partial charge in [-0.15, -0.1) is 0 Å². The molecule has 26 heavy (non-hydrogen) atoms. The SMILES string of the molecule is C.C.C.C.c1ccccc1.c1ccccc1.c1ccsc1.c1cn[nH]c1. The summed E-state index contributed by atoms with van der Waals surface area (Å²) in [6.45, 7) is 0. The Morgan fingerprint density at radius 2 is 0.808 bits per heavy atom. The van der Waals surface area contributed by atoms with Crippen LogP contribution < -0.4 is 0 Å². The molecule has 144 valence electrons. The van der Waals surface area contributed by atoms with Crippen molar-refractivity contribution in [3.8, 4) is 0 Å². The standard InChI is InChI=1S/2C6H6.C4H4S.C3H4N2.4CH4/c2*1-2-4-6-5-3-1;2*1-2-4-5-3-1;;;;/h2*1-6H;1-4H;1-3H,(H,4,5);4*1H4. The molecule has 0 aliphatic heterocycles. The van der Waals surface area contributed by atoms with Gasteiger partial charge in [0.15, 0.2) is 0 Å². The van der Waals surface area contributed by atoms with Crippen LogP contribution in [0, 0.1) is 0 Å². The lowest BCUT2D eigenvalue weighted by Crippen LogP contribution is -1.53. The van der Waals surface area contributed by atoms with Crippen molar-refractivity contribution in [3.63, 3.8) is 0 Å². The summed E-state index contributed by atoms with van der Waals surface area (Å²) in [7, 11) is 0. The molecular formula is C23H36N2S. The molecule has 2 nitrogen and oxygen atoms in total. The first-order chi connectivity index (χ1) is 11.0. The van der Waals surface area contributed by atoms with Gasteiger partial charge in [0, 0.05) is 12.4 Å². The van der Waals surface area contributed by atoms with E-state index in [1.165, 1.54) is 0 Å². The predicted octanol–water partition coefficient (Wildman–Crippen LogP) is 8.08. The largest absolute Gasteiger partial charge is 0.286 e. The molecular weight excluding hydrogens is 336 g/mol. The average molecular weight is 373 g/mol. The van der Waals surface area contributed by atoms with Crippen molar-refractivity contribution in [2.45, 2.75) is 29.7 Å². The highest BCUT2D eigenvalue weighted by Crippen LogP contribution is 1.91. The molecule has 4 rings (SSSR count). The fourth-order valence-corrected chi connectivity index (χ4v) is 1.67. The van der Waals surface area contributed by atoms with Crippen molar-refractivity contribution >= 4 is 11.3 Å². The van der Waals surface area contributed by atoms with Crippen LogP contribution in [0.3, 0.4) is 0 Å².